The first-order valence-corrected chi connectivity index (χ1v) is 8.16. The average molecular weight is 329 g/mol. The molecule has 0 bridgehead atoms. The summed E-state index contributed by atoms with van der Waals surface area (Å²) >= 11 is 0. The number of aromatic amines is 1. The van der Waals surface area contributed by atoms with Gasteiger partial charge in [-0.05, 0) is 31.2 Å². The molecule has 1 N–H and O–H groups in total. The lowest BCUT2D eigenvalue weighted by Crippen LogP contribution is -2.35. The molecule has 2 fully saturated rings. The van der Waals surface area contributed by atoms with Gasteiger partial charge in [0.15, 0.2) is 0 Å². The van der Waals surface area contributed by atoms with Crippen LogP contribution in [0.15, 0.2) is 29.1 Å². The van der Waals surface area contributed by atoms with E-state index in [1.165, 1.54) is 18.2 Å². The molecule has 24 heavy (non-hydrogen) atoms. The number of H-pyrrole nitrogens is 1. The van der Waals surface area contributed by atoms with Crippen LogP contribution in [0, 0.1) is 17.2 Å². The van der Waals surface area contributed by atoms with Crippen molar-refractivity contribution in [3.8, 4) is 0 Å². The fourth-order valence-electron chi connectivity index (χ4n) is 4.37. The monoisotopic (exact) mass is 329 g/mol. The van der Waals surface area contributed by atoms with E-state index in [-0.39, 0.29) is 16.9 Å². The summed E-state index contributed by atoms with van der Waals surface area (Å²) in [7, 11) is 2.11. The van der Waals surface area contributed by atoms with Gasteiger partial charge < -0.3 is 14.8 Å². The zero-order valence-corrected chi connectivity index (χ0v) is 13.8. The smallest absolute Gasteiger partial charge is 0.254 e. The standard InChI is InChI=1S/C18H20FN3O2/c1-18-9-21(2)7-11(18)8-22(10-18)17(24)14-6-16(23)20-15-5-12(19)3-4-13(14)15/h3-6,11H,7-10H2,1-2H3,(H,20,23)/t11-,18+/m1/s1. The molecule has 0 spiro atoms. The van der Waals surface area contributed by atoms with Gasteiger partial charge in [0, 0.05) is 43.0 Å². The van der Waals surface area contributed by atoms with Crippen LogP contribution in [-0.2, 0) is 0 Å². The van der Waals surface area contributed by atoms with Crippen molar-refractivity contribution in [1.29, 1.82) is 0 Å². The molecule has 5 nitrogen and oxygen atoms in total. The summed E-state index contributed by atoms with van der Waals surface area (Å²) in [6, 6.07) is 5.44. The van der Waals surface area contributed by atoms with Crippen LogP contribution >= 0.6 is 0 Å². The Morgan fingerprint density at radius 1 is 1.29 bits per heavy atom. The second-order valence-electron chi connectivity index (χ2n) is 7.47. The largest absolute Gasteiger partial charge is 0.338 e. The van der Waals surface area contributed by atoms with Crippen molar-refractivity contribution in [2.75, 3.05) is 33.2 Å². The highest BCUT2D eigenvalue weighted by atomic mass is 19.1. The Labute approximate surface area is 139 Å². The van der Waals surface area contributed by atoms with Crippen LogP contribution in [-0.4, -0.2) is 53.9 Å². The average Bonchev–Trinajstić information content (AvgIpc) is 2.95. The number of carbonyl (C=O) groups excluding carboxylic acids is 1. The van der Waals surface area contributed by atoms with Gasteiger partial charge in [0.1, 0.15) is 5.82 Å². The molecule has 0 saturated carbocycles. The highest BCUT2D eigenvalue weighted by molar-refractivity contribution is 6.06. The number of rotatable bonds is 1. The molecule has 6 heteroatoms. The lowest BCUT2D eigenvalue weighted by molar-refractivity contribution is 0.0767. The number of pyridine rings is 1. The zero-order chi connectivity index (χ0) is 17.1. The molecular formula is C18H20FN3O2. The summed E-state index contributed by atoms with van der Waals surface area (Å²) in [5.74, 6) is -0.123. The Balaban J connectivity index is 1.71. The Morgan fingerprint density at radius 2 is 2.08 bits per heavy atom. The molecule has 3 heterocycles. The Hall–Kier alpha value is -2.21. The quantitative estimate of drug-likeness (QED) is 0.866. The minimum atomic E-state index is -0.436. The van der Waals surface area contributed by atoms with E-state index in [0.717, 1.165) is 13.1 Å². The third kappa shape index (κ3) is 2.33. The molecule has 2 aliphatic heterocycles. The fraction of sp³-hybridized carbons (Fsp3) is 0.444. The van der Waals surface area contributed by atoms with Crippen molar-refractivity contribution in [2.45, 2.75) is 6.92 Å². The lowest BCUT2D eigenvalue weighted by atomic mass is 9.83. The van der Waals surface area contributed by atoms with Gasteiger partial charge in [0.2, 0.25) is 5.56 Å². The number of fused-ring (bicyclic) bond motifs is 2. The van der Waals surface area contributed by atoms with Crippen molar-refractivity contribution in [1.82, 2.24) is 14.8 Å². The van der Waals surface area contributed by atoms with Gasteiger partial charge in [-0.25, -0.2) is 4.39 Å². The molecule has 2 aromatic rings. The van der Waals surface area contributed by atoms with Gasteiger partial charge in [-0.15, -0.1) is 0 Å². The van der Waals surface area contributed by atoms with E-state index in [4.69, 9.17) is 0 Å². The number of hydrogen-bond donors (Lipinski definition) is 1. The highest BCUT2D eigenvalue weighted by Gasteiger charge is 2.49. The first kappa shape index (κ1) is 15.3. The predicted molar refractivity (Wildman–Crippen MR) is 89.5 cm³/mol. The van der Waals surface area contributed by atoms with Gasteiger partial charge in [-0.1, -0.05) is 6.92 Å². The van der Waals surface area contributed by atoms with E-state index >= 15 is 0 Å². The Morgan fingerprint density at radius 3 is 2.83 bits per heavy atom. The van der Waals surface area contributed by atoms with Crippen LogP contribution < -0.4 is 5.56 Å². The molecule has 126 valence electrons. The molecule has 0 unspecified atom stereocenters. The second kappa shape index (κ2) is 5.14. The summed E-state index contributed by atoms with van der Waals surface area (Å²) in [5.41, 5.74) is 0.428. The van der Waals surface area contributed by atoms with Crippen LogP contribution in [0.5, 0.6) is 0 Å². The van der Waals surface area contributed by atoms with E-state index < -0.39 is 5.82 Å². The topological polar surface area (TPSA) is 56.4 Å². The van der Waals surface area contributed by atoms with Gasteiger partial charge in [-0.3, -0.25) is 9.59 Å². The summed E-state index contributed by atoms with van der Waals surface area (Å²) in [4.78, 5) is 31.6. The van der Waals surface area contributed by atoms with Crippen molar-refractivity contribution < 1.29 is 9.18 Å². The number of carbonyl (C=O) groups is 1. The molecule has 1 amide bonds. The summed E-state index contributed by atoms with van der Waals surface area (Å²) in [6.07, 6.45) is 0. The van der Waals surface area contributed by atoms with Crippen molar-refractivity contribution in [3.05, 3.63) is 46.0 Å². The number of hydrogen-bond acceptors (Lipinski definition) is 3. The zero-order valence-electron chi connectivity index (χ0n) is 13.8. The third-order valence-electron chi connectivity index (χ3n) is 5.46. The minimum absolute atomic E-state index is 0.105. The fourth-order valence-corrected chi connectivity index (χ4v) is 4.37. The number of nitrogens with one attached hydrogen (secondary N) is 1. The Kier molecular flexibility index (Phi) is 3.28. The molecule has 1 aromatic heterocycles. The molecule has 2 aliphatic rings. The molecule has 1 aromatic carbocycles. The molecule has 2 saturated heterocycles. The SMILES string of the molecule is CN1C[C@@H]2CN(C(=O)c3cc(=O)[nH]c4cc(F)ccc34)C[C@]2(C)C1. The molecule has 4 rings (SSSR count). The van der Waals surface area contributed by atoms with Crippen LogP contribution in [0.4, 0.5) is 4.39 Å². The number of likely N-dealkylation sites (tertiary alicyclic amines) is 2. The van der Waals surface area contributed by atoms with Crippen molar-refractivity contribution >= 4 is 16.8 Å². The maximum atomic E-state index is 13.4. The van der Waals surface area contributed by atoms with Crippen LogP contribution in [0.3, 0.4) is 0 Å². The third-order valence-corrected chi connectivity index (χ3v) is 5.46. The summed E-state index contributed by atoms with van der Waals surface area (Å²) < 4.78 is 13.4. The number of amides is 1. The van der Waals surface area contributed by atoms with Gasteiger partial charge in [0.25, 0.3) is 5.91 Å². The number of benzene rings is 1. The first-order valence-electron chi connectivity index (χ1n) is 8.16. The maximum Gasteiger partial charge on any atom is 0.254 e. The first-order chi connectivity index (χ1) is 11.4. The second-order valence-corrected chi connectivity index (χ2v) is 7.47. The van der Waals surface area contributed by atoms with Gasteiger partial charge in [0.05, 0.1) is 11.1 Å². The normalized spacial score (nSPS) is 27.0. The molecule has 0 radical (unpaired) electrons. The maximum absolute atomic E-state index is 13.4. The lowest BCUT2D eigenvalue weighted by Gasteiger charge is -2.24. The number of nitrogens with zero attached hydrogens (tertiary/aromatic N) is 2. The van der Waals surface area contributed by atoms with E-state index in [9.17, 15) is 14.0 Å². The molecule has 2 atom stereocenters. The van der Waals surface area contributed by atoms with Crippen molar-refractivity contribution in [2.24, 2.45) is 11.3 Å². The highest BCUT2D eigenvalue weighted by Crippen LogP contribution is 2.42. The van der Waals surface area contributed by atoms with Crippen LogP contribution in [0.1, 0.15) is 17.3 Å². The van der Waals surface area contributed by atoms with E-state index in [1.54, 1.807) is 6.07 Å². The van der Waals surface area contributed by atoms with E-state index in [0.29, 0.717) is 35.5 Å². The van der Waals surface area contributed by atoms with Gasteiger partial charge >= 0.3 is 0 Å². The minimum Gasteiger partial charge on any atom is -0.338 e. The van der Waals surface area contributed by atoms with E-state index in [2.05, 4.69) is 23.9 Å². The van der Waals surface area contributed by atoms with E-state index in [1.807, 2.05) is 4.90 Å². The van der Waals surface area contributed by atoms with Crippen molar-refractivity contribution in [3.63, 3.8) is 0 Å². The summed E-state index contributed by atoms with van der Waals surface area (Å²) in [6.45, 7) is 5.58. The number of halogens is 1. The number of aromatic nitrogens is 1. The summed E-state index contributed by atoms with van der Waals surface area (Å²) in [5, 5.41) is 0.584. The van der Waals surface area contributed by atoms with Crippen LogP contribution in [0.25, 0.3) is 10.9 Å². The van der Waals surface area contributed by atoms with Gasteiger partial charge in [-0.2, -0.15) is 0 Å². The Bertz CT molecular complexity index is 893. The molecular weight excluding hydrogens is 309 g/mol. The molecule has 0 aliphatic carbocycles. The van der Waals surface area contributed by atoms with Crippen LogP contribution in [0.2, 0.25) is 0 Å². The predicted octanol–water partition coefficient (Wildman–Crippen LogP) is 1.69.